The Bertz CT molecular complexity index is 388. The fourth-order valence-electron chi connectivity index (χ4n) is 2.34. The zero-order valence-electron chi connectivity index (χ0n) is 12.1. The molecule has 1 fully saturated rings. The van der Waals surface area contributed by atoms with Crippen LogP contribution in [0.15, 0.2) is 4.52 Å². The maximum absolute atomic E-state index is 5.75. The van der Waals surface area contributed by atoms with Crippen LogP contribution in [0, 0.1) is 5.92 Å². The van der Waals surface area contributed by atoms with Gasteiger partial charge in [0, 0.05) is 19.1 Å². The van der Waals surface area contributed by atoms with Gasteiger partial charge in [-0.25, -0.2) is 0 Å². The topological polar surface area (TPSA) is 74.2 Å². The standard InChI is InChI=1S/C14H25N3O2/c1-9(5-4-6-10(2)15)14-16-13(17-19-14)12(18-3)11-7-8-11/h9-12H,4-8,15H2,1-3H3. The van der Waals surface area contributed by atoms with Gasteiger partial charge in [-0.05, 0) is 38.5 Å². The lowest BCUT2D eigenvalue weighted by Gasteiger charge is -2.09. The van der Waals surface area contributed by atoms with E-state index in [1.54, 1.807) is 7.11 Å². The first kappa shape index (κ1) is 14.5. The molecule has 0 aliphatic heterocycles. The molecular weight excluding hydrogens is 242 g/mol. The summed E-state index contributed by atoms with van der Waals surface area (Å²) in [4.78, 5) is 4.51. The van der Waals surface area contributed by atoms with Crippen LogP contribution in [0.25, 0.3) is 0 Å². The molecule has 1 aromatic rings. The highest BCUT2D eigenvalue weighted by molar-refractivity contribution is 5.00. The molecule has 3 unspecified atom stereocenters. The summed E-state index contributed by atoms with van der Waals surface area (Å²) in [5.41, 5.74) is 5.75. The van der Waals surface area contributed by atoms with Crippen LogP contribution >= 0.6 is 0 Å². The highest BCUT2D eigenvalue weighted by Crippen LogP contribution is 2.42. The second-order valence-corrected chi connectivity index (χ2v) is 5.79. The number of hydrogen-bond donors (Lipinski definition) is 1. The molecule has 0 amide bonds. The van der Waals surface area contributed by atoms with E-state index in [9.17, 15) is 0 Å². The third-order valence-electron chi connectivity index (χ3n) is 3.73. The van der Waals surface area contributed by atoms with Gasteiger partial charge in [-0.15, -0.1) is 0 Å². The molecule has 2 rings (SSSR count). The van der Waals surface area contributed by atoms with Crippen LogP contribution in [-0.4, -0.2) is 23.3 Å². The Morgan fingerprint density at radius 2 is 2.11 bits per heavy atom. The minimum Gasteiger partial charge on any atom is -0.373 e. The summed E-state index contributed by atoms with van der Waals surface area (Å²) in [7, 11) is 1.71. The molecular formula is C14H25N3O2. The third kappa shape index (κ3) is 4.01. The van der Waals surface area contributed by atoms with Crippen molar-refractivity contribution in [3.63, 3.8) is 0 Å². The Hall–Kier alpha value is -0.940. The van der Waals surface area contributed by atoms with Gasteiger partial charge in [0.2, 0.25) is 11.7 Å². The quantitative estimate of drug-likeness (QED) is 0.784. The summed E-state index contributed by atoms with van der Waals surface area (Å²) in [6.45, 7) is 4.16. The number of hydrogen-bond acceptors (Lipinski definition) is 5. The fourth-order valence-corrected chi connectivity index (χ4v) is 2.34. The number of ether oxygens (including phenoxy) is 1. The summed E-state index contributed by atoms with van der Waals surface area (Å²) in [6, 6.07) is 0.262. The van der Waals surface area contributed by atoms with Crippen molar-refractivity contribution in [3.05, 3.63) is 11.7 Å². The molecule has 0 saturated heterocycles. The average molecular weight is 267 g/mol. The van der Waals surface area contributed by atoms with E-state index in [0.717, 1.165) is 25.2 Å². The number of rotatable bonds is 8. The molecule has 1 aliphatic rings. The van der Waals surface area contributed by atoms with Gasteiger partial charge in [0.05, 0.1) is 0 Å². The van der Waals surface area contributed by atoms with E-state index in [2.05, 4.69) is 17.1 Å². The van der Waals surface area contributed by atoms with Crippen LogP contribution in [-0.2, 0) is 4.74 Å². The zero-order valence-corrected chi connectivity index (χ0v) is 12.1. The van der Waals surface area contributed by atoms with Crippen molar-refractivity contribution in [1.29, 1.82) is 0 Å². The fraction of sp³-hybridized carbons (Fsp3) is 0.857. The number of nitrogens with zero attached hydrogens (tertiary/aromatic N) is 2. The van der Waals surface area contributed by atoms with Crippen LogP contribution in [0.4, 0.5) is 0 Å². The third-order valence-corrected chi connectivity index (χ3v) is 3.73. The minimum atomic E-state index is 0.00811. The van der Waals surface area contributed by atoms with Crippen molar-refractivity contribution in [2.24, 2.45) is 11.7 Å². The highest BCUT2D eigenvalue weighted by Gasteiger charge is 2.35. The van der Waals surface area contributed by atoms with Crippen LogP contribution in [0.1, 0.15) is 69.7 Å². The molecule has 0 bridgehead atoms. The Morgan fingerprint density at radius 3 is 2.68 bits per heavy atom. The van der Waals surface area contributed by atoms with E-state index >= 15 is 0 Å². The first-order chi connectivity index (χ1) is 9.11. The smallest absolute Gasteiger partial charge is 0.229 e. The summed E-state index contributed by atoms with van der Waals surface area (Å²) in [6.07, 6.45) is 5.57. The van der Waals surface area contributed by atoms with Crippen molar-refractivity contribution in [3.8, 4) is 0 Å². The van der Waals surface area contributed by atoms with Crippen molar-refractivity contribution in [2.75, 3.05) is 7.11 Å². The van der Waals surface area contributed by atoms with Crippen molar-refractivity contribution in [2.45, 2.75) is 64.0 Å². The second-order valence-electron chi connectivity index (χ2n) is 5.79. The Kier molecular flexibility index (Phi) is 4.93. The van der Waals surface area contributed by atoms with E-state index in [0.29, 0.717) is 11.7 Å². The molecule has 0 spiro atoms. The maximum atomic E-state index is 5.75. The molecule has 19 heavy (non-hydrogen) atoms. The molecule has 3 atom stereocenters. The summed E-state index contributed by atoms with van der Waals surface area (Å²) < 4.78 is 10.8. The molecule has 1 aromatic heterocycles. The lowest BCUT2D eigenvalue weighted by molar-refractivity contribution is 0.0751. The Labute approximate surface area is 114 Å². The highest BCUT2D eigenvalue weighted by atomic mass is 16.5. The molecule has 1 aliphatic carbocycles. The molecule has 1 saturated carbocycles. The maximum Gasteiger partial charge on any atom is 0.229 e. The van der Waals surface area contributed by atoms with Crippen molar-refractivity contribution in [1.82, 2.24) is 10.1 Å². The Balaban J connectivity index is 1.88. The predicted octanol–water partition coefficient (Wildman–Crippen LogP) is 2.79. The van der Waals surface area contributed by atoms with Gasteiger partial charge in [-0.2, -0.15) is 4.98 Å². The van der Waals surface area contributed by atoms with Gasteiger partial charge < -0.3 is 15.0 Å². The molecule has 108 valence electrons. The van der Waals surface area contributed by atoms with Crippen LogP contribution in [0.5, 0.6) is 0 Å². The summed E-state index contributed by atoms with van der Waals surface area (Å²) >= 11 is 0. The summed E-state index contributed by atoms with van der Waals surface area (Å²) in [5.74, 6) is 2.29. The van der Waals surface area contributed by atoms with Gasteiger partial charge in [0.15, 0.2) is 0 Å². The average Bonchev–Trinajstić information content (AvgIpc) is 3.06. The van der Waals surface area contributed by atoms with E-state index in [1.807, 2.05) is 6.92 Å². The SMILES string of the molecule is COC(c1noc(C(C)CCCC(C)N)n1)C1CC1. The van der Waals surface area contributed by atoms with Gasteiger partial charge in [-0.3, -0.25) is 0 Å². The zero-order chi connectivity index (χ0) is 13.8. The number of methoxy groups -OCH3 is 1. The molecule has 5 heteroatoms. The van der Waals surface area contributed by atoms with Crippen molar-refractivity contribution < 1.29 is 9.26 Å². The lowest BCUT2D eigenvalue weighted by atomic mass is 10.0. The molecule has 5 nitrogen and oxygen atoms in total. The van der Waals surface area contributed by atoms with E-state index in [-0.39, 0.29) is 18.1 Å². The summed E-state index contributed by atoms with van der Waals surface area (Å²) in [5, 5.41) is 4.08. The molecule has 0 aromatic carbocycles. The predicted molar refractivity (Wildman–Crippen MR) is 72.7 cm³/mol. The molecule has 2 N–H and O–H groups in total. The van der Waals surface area contributed by atoms with Gasteiger partial charge in [0.1, 0.15) is 6.10 Å². The Morgan fingerprint density at radius 1 is 1.37 bits per heavy atom. The largest absolute Gasteiger partial charge is 0.373 e. The van der Waals surface area contributed by atoms with E-state index < -0.39 is 0 Å². The van der Waals surface area contributed by atoms with Gasteiger partial charge >= 0.3 is 0 Å². The minimum absolute atomic E-state index is 0.00811. The normalized spacial score (nSPS) is 20.2. The van der Waals surface area contributed by atoms with Gasteiger partial charge in [0.25, 0.3) is 0 Å². The van der Waals surface area contributed by atoms with Crippen LogP contribution < -0.4 is 5.73 Å². The van der Waals surface area contributed by atoms with Gasteiger partial charge in [-0.1, -0.05) is 18.5 Å². The molecule has 1 heterocycles. The number of nitrogens with two attached hydrogens (primary N) is 1. The van der Waals surface area contributed by atoms with Crippen LogP contribution in [0.3, 0.4) is 0 Å². The number of aromatic nitrogens is 2. The monoisotopic (exact) mass is 267 g/mol. The first-order valence-corrected chi connectivity index (χ1v) is 7.23. The van der Waals surface area contributed by atoms with Crippen LogP contribution in [0.2, 0.25) is 0 Å². The molecule has 0 radical (unpaired) electrons. The van der Waals surface area contributed by atoms with E-state index in [1.165, 1.54) is 12.8 Å². The first-order valence-electron chi connectivity index (χ1n) is 7.23. The second kappa shape index (κ2) is 6.48. The lowest BCUT2D eigenvalue weighted by Crippen LogP contribution is -2.14. The van der Waals surface area contributed by atoms with Crippen molar-refractivity contribution >= 4 is 0 Å². The van der Waals surface area contributed by atoms with E-state index in [4.69, 9.17) is 15.0 Å².